The molecule has 240 valence electrons. The fourth-order valence-electron chi connectivity index (χ4n) is 5.76. The molecule has 2 aliphatic rings. The van der Waals surface area contributed by atoms with E-state index in [1.54, 1.807) is 25.1 Å². The van der Waals surface area contributed by atoms with E-state index in [1.165, 1.54) is 12.1 Å². The second-order valence-corrected chi connectivity index (χ2v) is 11.3. The summed E-state index contributed by atoms with van der Waals surface area (Å²) in [7, 11) is 0. The fourth-order valence-corrected chi connectivity index (χ4v) is 5.76. The maximum Gasteiger partial charge on any atom is 0.338 e. The maximum atomic E-state index is 12.3. The third-order valence-corrected chi connectivity index (χ3v) is 8.11. The van der Waals surface area contributed by atoms with E-state index >= 15 is 0 Å². The Kier molecular flexibility index (Phi) is 12.0. The number of para-hydroxylation sites is 1. The molecular weight excluding hydrogens is 582 g/mol. The first-order valence-corrected chi connectivity index (χ1v) is 15.1. The Labute approximate surface area is 262 Å². The van der Waals surface area contributed by atoms with Crippen molar-refractivity contribution in [3.05, 3.63) is 87.0 Å². The van der Waals surface area contributed by atoms with Crippen molar-refractivity contribution in [2.45, 2.75) is 76.8 Å². The molecule has 0 radical (unpaired) electrons. The summed E-state index contributed by atoms with van der Waals surface area (Å²) in [5, 5.41) is 30.8. The lowest BCUT2D eigenvalue weighted by Crippen LogP contribution is -2.19. The minimum atomic E-state index is -0.911. The number of carbonyl (C=O) groups excluding carboxylic acids is 2. The summed E-state index contributed by atoms with van der Waals surface area (Å²) in [5.41, 5.74) is 2.66. The number of aliphatic hydroxyl groups excluding tert-OH is 2. The minimum Gasteiger partial charge on any atom is -0.489 e. The molecule has 0 bridgehead atoms. The molecule has 2 aromatic carbocycles. The molecule has 4 rings (SSSR count). The molecule has 0 spiro atoms. The number of carbonyl (C=O) groups is 2. The van der Waals surface area contributed by atoms with Gasteiger partial charge in [0.25, 0.3) is 5.09 Å². The monoisotopic (exact) mass is 621 g/mol. The zero-order valence-electron chi connectivity index (χ0n) is 25.4. The van der Waals surface area contributed by atoms with Crippen LogP contribution >= 0.6 is 0 Å². The van der Waals surface area contributed by atoms with Gasteiger partial charge in [0.05, 0.1) is 17.8 Å². The van der Waals surface area contributed by atoms with E-state index in [0.717, 1.165) is 16.9 Å². The topological polar surface area (TPSA) is 155 Å². The third-order valence-electron chi connectivity index (χ3n) is 8.11. The number of rotatable bonds is 15. The first-order valence-electron chi connectivity index (χ1n) is 15.1. The van der Waals surface area contributed by atoms with Crippen molar-refractivity contribution in [2.75, 3.05) is 13.2 Å². The van der Waals surface area contributed by atoms with Gasteiger partial charge in [-0.1, -0.05) is 49.4 Å². The van der Waals surface area contributed by atoms with Crippen LogP contribution < -0.4 is 4.74 Å². The quantitative estimate of drug-likeness (QED) is 0.0734. The van der Waals surface area contributed by atoms with Gasteiger partial charge in [0.1, 0.15) is 31.7 Å². The lowest BCUT2D eigenvalue weighted by atomic mass is 9.86. The number of nitrogens with zero attached hydrogens (tertiary/aromatic N) is 1. The van der Waals surface area contributed by atoms with Gasteiger partial charge in [-0.15, -0.1) is 22.0 Å². The standard InChI is InChI=1S/C34H39NO10/c1-3-4-8-22(2)28(36)16-15-26-29(37)20-30-32(26)27-13-6-10-24(33(27)45-30)11-7-14-31(38)42-17-18-43-34(39)25-12-5-9-23(19-25)21-44-35(40)41/h5-6,9-10,12-13,15-16,19,22,26,28-30,32,36-37H,7-8,11,14,17-18,20-21H2,1-2H3/b16-15+/t22?,26?,28?,29-,30?,32?/m0/s1. The van der Waals surface area contributed by atoms with Crippen LogP contribution in [0.4, 0.5) is 0 Å². The predicted molar refractivity (Wildman–Crippen MR) is 162 cm³/mol. The van der Waals surface area contributed by atoms with Crippen LogP contribution in [-0.2, 0) is 32.1 Å². The average Bonchev–Trinajstić information content (AvgIpc) is 3.54. The van der Waals surface area contributed by atoms with E-state index in [2.05, 4.69) is 16.7 Å². The van der Waals surface area contributed by atoms with Crippen LogP contribution in [-0.4, -0.2) is 58.8 Å². The molecule has 45 heavy (non-hydrogen) atoms. The van der Waals surface area contributed by atoms with E-state index in [4.69, 9.17) is 14.2 Å². The van der Waals surface area contributed by atoms with E-state index in [9.17, 15) is 29.9 Å². The first-order chi connectivity index (χ1) is 21.7. The molecule has 2 N–H and O–H groups in total. The Bertz CT molecular complexity index is 1440. The van der Waals surface area contributed by atoms with Gasteiger partial charge in [0.15, 0.2) is 0 Å². The summed E-state index contributed by atoms with van der Waals surface area (Å²) in [6.45, 7) is 3.21. The molecule has 5 unspecified atom stereocenters. The summed E-state index contributed by atoms with van der Waals surface area (Å²) < 4.78 is 16.7. The van der Waals surface area contributed by atoms with E-state index in [1.807, 2.05) is 31.2 Å². The van der Waals surface area contributed by atoms with Crippen molar-refractivity contribution < 1.29 is 43.9 Å². The maximum absolute atomic E-state index is 12.3. The molecule has 1 fully saturated rings. The van der Waals surface area contributed by atoms with E-state index in [0.29, 0.717) is 31.2 Å². The number of aliphatic hydroxyl groups is 2. The molecule has 11 heteroatoms. The highest BCUT2D eigenvalue weighted by atomic mass is 16.9. The van der Waals surface area contributed by atoms with E-state index < -0.39 is 29.2 Å². The Morgan fingerprint density at radius 1 is 1.20 bits per heavy atom. The zero-order valence-corrected chi connectivity index (χ0v) is 25.4. The molecule has 6 atom stereocenters. The number of benzene rings is 2. The minimum absolute atomic E-state index is 0.0158. The van der Waals surface area contributed by atoms with Gasteiger partial charge in [-0.2, -0.15) is 0 Å². The average molecular weight is 622 g/mol. The lowest BCUT2D eigenvalue weighted by molar-refractivity contribution is -0.763. The Morgan fingerprint density at radius 3 is 2.76 bits per heavy atom. The molecule has 0 aromatic heterocycles. The van der Waals surface area contributed by atoms with Crippen LogP contribution in [0.3, 0.4) is 0 Å². The normalized spacial score (nSPS) is 21.1. The third kappa shape index (κ3) is 9.06. The van der Waals surface area contributed by atoms with Gasteiger partial charge in [-0.3, -0.25) is 4.79 Å². The fraction of sp³-hybridized carbons (Fsp3) is 0.471. The lowest BCUT2D eigenvalue weighted by Gasteiger charge is -2.19. The van der Waals surface area contributed by atoms with E-state index in [-0.39, 0.29) is 55.7 Å². The van der Waals surface area contributed by atoms with Gasteiger partial charge in [0.2, 0.25) is 0 Å². The smallest absolute Gasteiger partial charge is 0.338 e. The van der Waals surface area contributed by atoms with Gasteiger partial charge in [0, 0.05) is 36.7 Å². The first kappa shape index (κ1) is 33.5. The Balaban J connectivity index is 1.22. The van der Waals surface area contributed by atoms with Gasteiger partial charge >= 0.3 is 11.9 Å². The number of ether oxygens (including phenoxy) is 3. The van der Waals surface area contributed by atoms with Crippen LogP contribution in [0.25, 0.3) is 0 Å². The highest BCUT2D eigenvalue weighted by molar-refractivity contribution is 5.89. The highest BCUT2D eigenvalue weighted by Crippen LogP contribution is 2.52. The van der Waals surface area contributed by atoms with Crippen molar-refractivity contribution in [2.24, 2.45) is 11.8 Å². The number of aryl methyl sites for hydroxylation is 1. The zero-order chi connectivity index (χ0) is 32.3. The van der Waals surface area contributed by atoms with Crippen LogP contribution in [0.5, 0.6) is 5.75 Å². The van der Waals surface area contributed by atoms with Crippen LogP contribution in [0, 0.1) is 33.8 Å². The molecule has 2 aromatic rings. The number of esters is 2. The van der Waals surface area contributed by atoms with Gasteiger partial charge in [-0.25, -0.2) is 4.79 Å². The van der Waals surface area contributed by atoms with Crippen molar-refractivity contribution in [1.82, 2.24) is 0 Å². The van der Waals surface area contributed by atoms with Crippen molar-refractivity contribution in [1.29, 1.82) is 0 Å². The Hall–Kier alpha value is -4.40. The summed E-state index contributed by atoms with van der Waals surface area (Å²) in [5.74, 6) is 5.38. The van der Waals surface area contributed by atoms with Gasteiger partial charge < -0.3 is 29.3 Å². The molecule has 1 saturated carbocycles. The second kappa shape index (κ2) is 16.1. The number of hydrogen-bond donors (Lipinski definition) is 2. The van der Waals surface area contributed by atoms with Crippen molar-refractivity contribution in [3.63, 3.8) is 0 Å². The summed E-state index contributed by atoms with van der Waals surface area (Å²) in [4.78, 5) is 39.2. The van der Waals surface area contributed by atoms with Crippen molar-refractivity contribution >= 4 is 11.9 Å². The Morgan fingerprint density at radius 2 is 1.98 bits per heavy atom. The van der Waals surface area contributed by atoms with Crippen LogP contribution in [0.15, 0.2) is 54.6 Å². The largest absolute Gasteiger partial charge is 0.489 e. The molecule has 11 nitrogen and oxygen atoms in total. The molecule has 1 aliphatic heterocycles. The van der Waals surface area contributed by atoms with Crippen LogP contribution in [0.1, 0.15) is 72.5 Å². The molecule has 0 amide bonds. The second-order valence-electron chi connectivity index (χ2n) is 11.3. The molecule has 1 heterocycles. The predicted octanol–water partition coefficient (Wildman–Crippen LogP) is 4.31. The molecule has 0 saturated heterocycles. The highest BCUT2D eigenvalue weighted by Gasteiger charge is 2.48. The molecule has 1 aliphatic carbocycles. The molecular formula is C34H39NO10. The SMILES string of the molecule is CC#CCC(C)C(O)/C=C/C1C2c3cccc(CCCC(=O)OCCOC(=O)c4cccc(CO[N+](=O)[O-])c4)c3OC2C[C@@H]1O. The van der Waals surface area contributed by atoms with Crippen molar-refractivity contribution in [3.8, 4) is 17.6 Å². The summed E-state index contributed by atoms with van der Waals surface area (Å²) >= 11 is 0. The summed E-state index contributed by atoms with van der Waals surface area (Å²) in [6.07, 6.45) is 4.70. The summed E-state index contributed by atoms with van der Waals surface area (Å²) in [6, 6.07) is 12.0. The van der Waals surface area contributed by atoms with Gasteiger partial charge in [-0.05, 0) is 48.9 Å². The number of hydrogen-bond acceptors (Lipinski definition) is 10. The number of fused-ring (bicyclic) bond motifs is 3. The van der Waals surface area contributed by atoms with Crippen LogP contribution in [0.2, 0.25) is 0 Å².